The molecule has 0 radical (unpaired) electrons. The highest BCUT2D eigenvalue weighted by atomic mass is 32.1. The summed E-state index contributed by atoms with van der Waals surface area (Å²) in [4.78, 5) is 18.1. The van der Waals surface area contributed by atoms with E-state index in [1.807, 2.05) is 49.4 Å². The maximum absolute atomic E-state index is 14.7. The third kappa shape index (κ3) is 4.39. The first-order valence-electron chi connectivity index (χ1n) is 9.50. The van der Waals surface area contributed by atoms with Gasteiger partial charge in [-0.2, -0.15) is 0 Å². The molecule has 2 aromatic carbocycles. The molecule has 0 unspecified atom stereocenters. The van der Waals surface area contributed by atoms with Gasteiger partial charge in [0.1, 0.15) is 16.6 Å². The van der Waals surface area contributed by atoms with E-state index in [0.717, 1.165) is 10.4 Å². The van der Waals surface area contributed by atoms with E-state index >= 15 is 0 Å². The number of pyridine rings is 1. The van der Waals surface area contributed by atoms with Crippen molar-refractivity contribution in [2.45, 2.75) is 13.0 Å². The number of benzene rings is 2. The van der Waals surface area contributed by atoms with Crippen LogP contribution in [-0.2, 0) is 0 Å². The summed E-state index contributed by atoms with van der Waals surface area (Å²) >= 11 is 1.46. The van der Waals surface area contributed by atoms with Gasteiger partial charge in [0.2, 0.25) is 0 Å². The van der Waals surface area contributed by atoms with Gasteiger partial charge in [0, 0.05) is 27.8 Å². The number of thiophene rings is 1. The number of nitrogens with one attached hydrogen (secondary N) is 2. The number of halogens is 1. The third-order valence-corrected chi connectivity index (χ3v) is 5.61. The van der Waals surface area contributed by atoms with Crippen LogP contribution in [0.15, 0.2) is 85.1 Å². The molecular formula is C24H20FN3OS. The minimum atomic E-state index is -0.517. The molecule has 0 fully saturated rings. The first-order valence-corrected chi connectivity index (χ1v) is 10.3. The lowest BCUT2D eigenvalue weighted by atomic mass is 9.99. The van der Waals surface area contributed by atoms with Crippen molar-refractivity contribution in [3.8, 4) is 0 Å². The zero-order valence-corrected chi connectivity index (χ0v) is 17.1. The Morgan fingerprint density at radius 2 is 1.70 bits per heavy atom. The Kier molecular flexibility index (Phi) is 5.86. The highest BCUT2D eigenvalue weighted by Gasteiger charge is 2.24. The molecule has 2 aromatic heterocycles. The van der Waals surface area contributed by atoms with E-state index in [1.165, 1.54) is 17.4 Å². The number of rotatable bonds is 6. The van der Waals surface area contributed by atoms with Gasteiger partial charge < -0.3 is 10.6 Å². The molecule has 0 aliphatic heterocycles. The molecule has 0 saturated heterocycles. The quantitative estimate of drug-likeness (QED) is 0.402. The van der Waals surface area contributed by atoms with Crippen molar-refractivity contribution >= 4 is 28.1 Å². The average molecular weight is 418 g/mol. The van der Waals surface area contributed by atoms with Crippen LogP contribution in [0.1, 0.15) is 32.4 Å². The SMILES string of the molecule is Cc1cc([C@@H](Nc2ccccn2)c2ccccc2F)c(NC(=O)c2ccccc2)s1. The fraction of sp³-hybridized carbons (Fsp3) is 0.0833. The monoisotopic (exact) mass is 417 g/mol. The van der Waals surface area contributed by atoms with E-state index in [2.05, 4.69) is 15.6 Å². The van der Waals surface area contributed by atoms with E-state index in [4.69, 9.17) is 0 Å². The zero-order valence-electron chi connectivity index (χ0n) is 16.3. The van der Waals surface area contributed by atoms with Gasteiger partial charge in [-0.25, -0.2) is 9.37 Å². The molecule has 2 heterocycles. The predicted molar refractivity (Wildman–Crippen MR) is 120 cm³/mol. The van der Waals surface area contributed by atoms with Crippen molar-refractivity contribution < 1.29 is 9.18 Å². The standard InChI is InChI=1S/C24H20FN3OS/c1-16-15-19(24(30-16)28-23(29)17-9-3-2-4-10-17)22(18-11-5-6-12-20(18)25)27-21-13-7-8-14-26-21/h2-15,22H,1H3,(H,26,27)(H,28,29)/t22-/m0/s1. The summed E-state index contributed by atoms with van der Waals surface area (Å²) in [5.74, 6) is 0.0916. The fourth-order valence-electron chi connectivity index (χ4n) is 3.24. The second-order valence-electron chi connectivity index (χ2n) is 6.78. The van der Waals surface area contributed by atoms with Crippen molar-refractivity contribution in [2.75, 3.05) is 10.6 Å². The van der Waals surface area contributed by atoms with Gasteiger partial charge in [-0.15, -0.1) is 11.3 Å². The summed E-state index contributed by atoms with van der Waals surface area (Å²) in [7, 11) is 0. The number of nitrogens with zero attached hydrogens (tertiary/aromatic N) is 1. The Bertz CT molecular complexity index is 1150. The Balaban J connectivity index is 1.74. The van der Waals surface area contributed by atoms with E-state index in [9.17, 15) is 9.18 Å². The van der Waals surface area contributed by atoms with Crippen LogP contribution in [0.25, 0.3) is 0 Å². The molecule has 4 nitrogen and oxygen atoms in total. The first-order chi connectivity index (χ1) is 14.6. The molecule has 0 spiro atoms. The Morgan fingerprint density at radius 1 is 0.967 bits per heavy atom. The van der Waals surface area contributed by atoms with Crippen molar-refractivity contribution in [1.82, 2.24) is 4.98 Å². The van der Waals surface area contributed by atoms with Gasteiger partial charge in [0.15, 0.2) is 0 Å². The van der Waals surface area contributed by atoms with Crippen LogP contribution in [0.4, 0.5) is 15.2 Å². The number of aromatic nitrogens is 1. The van der Waals surface area contributed by atoms with Crippen molar-refractivity contribution in [3.05, 3.63) is 112 Å². The number of aryl methyl sites for hydroxylation is 1. The molecular weight excluding hydrogens is 397 g/mol. The summed E-state index contributed by atoms with van der Waals surface area (Å²) in [5, 5.41) is 7.00. The van der Waals surface area contributed by atoms with Crippen LogP contribution >= 0.6 is 11.3 Å². The second-order valence-corrected chi connectivity index (χ2v) is 8.03. The van der Waals surface area contributed by atoms with Crippen LogP contribution in [0, 0.1) is 12.7 Å². The van der Waals surface area contributed by atoms with E-state index in [0.29, 0.717) is 21.9 Å². The van der Waals surface area contributed by atoms with Crippen molar-refractivity contribution in [2.24, 2.45) is 0 Å². The normalized spacial score (nSPS) is 11.7. The second kappa shape index (κ2) is 8.88. The summed E-state index contributed by atoms with van der Waals surface area (Å²) in [6, 6.07) is 22.6. The molecule has 0 saturated carbocycles. The minimum absolute atomic E-state index is 0.205. The van der Waals surface area contributed by atoms with Gasteiger partial charge in [-0.05, 0) is 43.3 Å². The number of amides is 1. The molecule has 30 heavy (non-hydrogen) atoms. The molecule has 150 valence electrons. The van der Waals surface area contributed by atoms with Gasteiger partial charge >= 0.3 is 0 Å². The zero-order chi connectivity index (χ0) is 20.9. The number of anilines is 2. The molecule has 0 aliphatic carbocycles. The van der Waals surface area contributed by atoms with E-state index in [1.54, 1.807) is 36.5 Å². The van der Waals surface area contributed by atoms with Crippen LogP contribution < -0.4 is 10.6 Å². The molecule has 4 aromatic rings. The summed E-state index contributed by atoms with van der Waals surface area (Å²) in [5.41, 5.74) is 1.84. The van der Waals surface area contributed by atoms with Crippen LogP contribution in [0.3, 0.4) is 0 Å². The lowest BCUT2D eigenvalue weighted by Crippen LogP contribution is -2.18. The smallest absolute Gasteiger partial charge is 0.256 e. The summed E-state index contributed by atoms with van der Waals surface area (Å²) in [6.45, 7) is 1.96. The molecule has 0 aliphatic rings. The van der Waals surface area contributed by atoms with Crippen molar-refractivity contribution in [1.29, 1.82) is 0 Å². The average Bonchev–Trinajstić information content (AvgIpc) is 3.13. The Labute approximate surface area is 178 Å². The number of hydrogen-bond acceptors (Lipinski definition) is 4. The maximum atomic E-state index is 14.7. The maximum Gasteiger partial charge on any atom is 0.256 e. The highest BCUT2D eigenvalue weighted by molar-refractivity contribution is 7.16. The molecule has 1 atom stereocenters. The summed E-state index contributed by atoms with van der Waals surface area (Å²) in [6.07, 6.45) is 1.68. The van der Waals surface area contributed by atoms with Gasteiger partial charge in [0.25, 0.3) is 5.91 Å². The highest BCUT2D eigenvalue weighted by Crippen LogP contribution is 2.38. The molecule has 1 amide bonds. The van der Waals surface area contributed by atoms with Gasteiger partial charge in [-0.3, -0.25) is 4.79 Å². The van der Waals surface area contributed by atoms with Crippen molar-refractivity contribution in [3.63, 3.8) is 0 Å². The van der Waals surface area contributed by atoms with Crippen LogP contribution in [0.2, 0.25) is 0 Å². The molecule has 2 N–H and O–H groups in total. The topological polar surface area (TPSA) is 54.0 Å². The van der Waals surface area contributed by atoms with E-state index < -0.39 is 6.04 Å². The lowest BCUT2D eigenvalue weighted by molar-refractivity contribution is 0.102. The van der Waals surface area contributed by atoms with Gasteiger partial charge in [0.05, 0.1) is 6.04 Å². The Hall–Kier alpha value is -3.51. The molecule has 6 heteroatoms. The van der Waals surface area contributed by atoms with Crippen LogP contribution in [-0.4, -0.2) is 10.9 Å². The lowest BCUT2D eigenvalue weighted by Gasteiger charge is -2.21. The minimum Gasteiger partial charge on any atom is -0.359 e. The molecule has 0 bridgehead atoms. The summed E-state index contributed by atoms with van der Waals surface area (Å²) < 4.78 is 14.7. The third-order valence-electron chi connectivity index (χ3n) is 4.63. The largest absolute Gasteiger partial charge is 0.359 e. The van der Waals surface area contributed by atoms with E-state index in [-0.39, 0.29) is 11.7 Å². The molecule has 4 rings (SSSR count). The van der Waals surface area contributed by atoms with Crippen LogP contribution in [0.5, 0.6) is 0 Å². The number of hydrogen-bond donors (Lipinski definition) is 2. The number of carbonyl (C=O) groups is 1. The number of carbonyl (C=O) groups excluding carboxylic acids is 1. The van der Waals surface area contributed by atoms with Gasteiger partial charge in [-0.1, -0.05) is 42.5 Å². The Morgan fingerprint density at radius 3 is 2.43 bits per heavy atom. The first kappa shape index (κ1) is 19.8. The predicted octanol–water partition coefficient (Wildman–Crippen LogP) is 6.04. The fourth-order valence-corrected chi connectivity index (χ4v) is 4.19.